The Morgan fingerprint density at radius 2 is 2.04 bits per heavy atom. The summed E-state index contributed by atoms with van der Waals surface area (Å²) in [6.45, 7) is 2.87. The maximum Gasteiger partial charge on any atom is 0.145 e. The predicted molar refractivity (Wildman–Crippen MR) is 104 cm³/mol. The number of rotatable bonds is 5. The summed E-state index contributed by atoms with van der Waals surface area (Å²) in [5.74, 6) is 0.962. The van der Waals surface area contributed by atoms with Gasteiger partial charge in [-0.05, 0) is 63.3 Å². The van der Waals surface area contributed by atoms with Crippen LogP contribution in [-0.4, -0.2) is 45.4 Å². The zero-order chi connectivity index (χ0) is 17.9. The number of nitrogens with zero attached hydrogens (tertiary/aromatic N) is 5. The van der Waals surface area contributed by atoms with E-state index in [1.54, 1.807) is 0 Å². The molecule has 4 rings (SSSR count). The standard InChI is InChI=1S/C21H25N5/c1-25(2)15-18-9-11-23-21(24-18)20-6-4-12-26(20)14-16-7-8-19-17(13-16)5-3-10-22-19/h3,5,7-11,13,20H,4,6,12,14-15H2,1-2H3/t20-/m0/s1. The fourth-order valence-electron chi connectivity index (χ4n) is 3.75. The highest BCUT2D eigenvalue weighted by Gasteiger charge is 2.28. The largest absolute Gasteiger partial charge is 0.304 e. The molecule has 0 N–H and O–H groups in total. The predicted octanol–water partition coefficient (Wildman–Crippen LogP) is 3.42. The Morgan fingerprint density at radius 3 is 2.92 bits per heavy atom. The van der Waals surface area contributed by atoms with Crippen molar-refractivity contribution in [2.75, 3.05) is 20.6 Å². The summed E-state index contributed by atoms with van der Waals surface area (Å²) in [5, 5.41) is 1.20. The number of aromatic nitrogens is 3. The molecule has 2 aromatic heterocycles. The van der Waals surface area contributed by atoms with Crippen molar-refractivity contribution >= 4 is 10.9 Å². The summed E-state index contributed by atoms with van der Waals surface area (Å²) in [7, 11) is 4.14. The normalized spacial score (nSPS) is 18.0. The lowest BCUT2D eigenvalue weighted by molar-refractivity contribution is 0.239. The van der Waals surface area contributed by atoms with Crippen LogP contribution in [0.25, 0.3) is 10.9 Å². The van der Waals surface area contributed by atoms with Gasteiger partial charge in [0.25, 0.3) is 0 Å². The smallest absolute Gasteiger partial charge is 0.145 e. The summed E-state index contributed by atoms with van der Waals surface area (Å²) >= 11 is 0. The van der Waals surface area contributed by atoms with Crippen LogP contribution >= 0.6 is 0 Å². The first-order valence-corrected chi connectivity index (χ1v) is 9.23. The van der Waals surface area contributed by atoms with Crippen molar-refractivity contribution < 1.29 is 0 Å². The maximum atomic E-state index is 4.83. The summed E-state index contributed by atoms with van der Waals surface area (Å²) in [5.41, 5.74) is 3.46. The topological polar surface area (TPSA) is 45.2 Å². The third-order valence-corrected chi connectivity index (χ3v) is 4.92. The van der Waals surface area contributed by atoms with Gasteiger partial charge in [0.2, 0.25) is 0 Å². The quantitative estimate of drug-likeness (QED) is 0.708. The van der Waals surface area contributed by atoms with E-state index in [4.69, 9.17) is 4.98 Å². The Morgan fingerprint density at radius 1 is 1.12 bits per heavy atom. The molecule has 0 unspecified atom stereocenters. The van der Waals surface area contributed by atoms with Gasteiger partial charge >= 0.3 is 0 Å². The molecule has 1 aliphatic rings. The summed E-state index contributed by atoms with van der Waals surface area (Å²) in [6, 6.07) is 13.0. The van der Waals surface area contributed by atoms with Crippen LogP contribution in [0.2, 0.25) is 0 Å². The van der Waals surface area contributed by atoms with Crippen molar-refractivity contribution in [1.29, 1.82) is 0 Å². The van der Waals surface area contributed by atoms with Crippen molar-refractivity contribution in [3.8, 4) is 0 Å². The molecule has 1 aromatic carbocycles. The summed E-state index contributed by atoms with van der Waals surface area (Å²) in [4.78, 5) is 18.5. The molecule has 3 aromatic rings. The third kappa shape index (κ3) is 3.74. The molecule has 1 aliphatic heterocycles. The first kappa shape index (κ1) is 17.1. The Balaban J connectivity index is 1.54. The van der Waals surface area contributed by atoms with Crippen LogP contribution in [-0.2, 0) is 13.1 Å². The first-order valence-electron chi connectivity index (χ1n) is 9.23. The second kappa shape index (κ2) is 7.48. The number of likely N-dealkylation sites (tertiary alicyclic amines) is 1. The molecule has 0 radical (unpaired) electrons. The lowest BCUT2D eigenvalue weighted by Crippen LogP contribution is -2.25. The molecule has 134 valence electrons. The van der Waals surface area contributed by atoms with E-state index >= 15 is 0 Å². The monoisotopic (exact) mass is 347 g/mol. The molecule has 26 heavy (non-hydrogen) atoms. The van der Waals surface area contributed by atoms with Gasteiger partial charge in [-0.2, -0.15) is 0 Å². The van der Waals surface area contributed by atoms with E-state index in [0.717, 1.165) is 43.1 Å². The van der Waals surface area contributed by atoms with Crippen molar-refractivity contribution in [2.24, 2.45) is 0 Å². The van der Waals surface area contributed by atoms with Crippen molar-refractivity contribution in [2.45, 2.75) is 32.0 Å². The lowest BCUT2D eigenvalue weighted by atomic mass is 10.1. The average molecular weight is 347 g/mol. The highest BCUT2D eigenvalue weighted by Crippen LogP contribution is 2.31. The van der Waals surface area contributed by atoms with Gasteiger partial charge in [0.1, 0.15) is 5.82 Å². The molecule has 0 bridgehead atoms. The van der Waals surface area contributed by atoms with E-state index in [1.807, 2.05) is 24.5 Å². The van der Waals surface area contributed by atoms with E-state index in [-0.39, 0.29) is 0 Å². The first-order chi connectivity index (χ1) is 12.7. The SMILES string of the molecule is CN(C)Cc1ccnc([C@@H]2CCCN2Cc2ccc3ncccc3c2)n1. The van der Waals surface area contributed by atoms with Crippen LogP contribution in [0.1, 0.15) is 36.0 Å². The second-order valence-corrected chi connectivity index (χ2v) is 7.30. The Bertz CT molecular complexity index is 892. The van der Waals surface area contributed by atoms with Crippen LogP contribution in [0.15, 0.2) is 48.8 Å². The number of hydrogen-bond acceptors (Lipinski definition) is 5. The van der Waals surface area contributed by atoms with E-state index in [1.165, 1.54) is 17.4 Å². The van der Waals surface area contributed by atoms with Crippen molar-refractivity contribution in [3.05, 3.63) is 65.9 Å². The van der Waals surface area contributed by atoms with Crippen molar-refractivity contribution in [3.63, 3.8) is 0 Å². The number of benzene rings is 1. The second-order valence-electron chi connectivity index (χ2n) is 7.30. The van der Waals surface area contributed by atoms with E-state index in [0.29, 0.717) is 6.04 Å². The number of fused-ring (bicyclic) bond motifs is 1. The molecular weight excluding hydrogens is 322 g/mol. The van der Waals surface area contributed by atoms with Gasteiger partial charge in [-0.15, -0.1) is 0 Å². The molecule has 1 atom stereocenters. The molecule has 0 saturated carbocycles. The van der Waals surface area contributed by atoms with Gasteiger partial charge < -0.3 is 4.90 Å². The number of hydrogen-bond donors (Lipinski definition) is 0. The molecule has 0 aliphatic carbocycles. The van der Waals surface area contributed by atoms with Gasteiger partial charge in [0, 0.05) is 30.9 Å². The molecule has 1 saturated heterocycles. The van der Waals surface area contributed by atoms with Gasteiger partial charge in [0.05, 0.1) is 17.3 Å². The Hall–Kier alpha value is -2.37. The van der Waals surface area contributed by atoms with E-state index < -0.39 is 0 Å². The van der Waals surface area contributed by atoms with Gasteiger partial charge in [-0.1, -0.05) is 12.1 Å². The zero-order valence-corrected chi connectivity index (χ0v) is 15.5. The minimum atomic E-state index is 0.307. The van der Waals surface area contributed by atoms with Crippen LogP contribution < -0.4 is 0 Å². The molecule has 1 fully saturated rings. The van der Waals surface area contributed by atoms with Crippen LogP contribution in [0.5, 0.6) is 0 Å². The van der Waals surface area contributed by atoms with Crippen LogP contribution in [0, 0.1) is 0 Å². The highest BCUT2D eigenvalue weighted by atomic mass is 15.2. The molecule has 5 heteroatoms. The lowest BCUT2D eigenvalue weighted by Gasteiger charge is -2.24. The van der Waals surface area contributed by atoms with E-state index in [9.17, 15) is 0 Å². The van der Waals surface area contributed by atoms with E-state index in [2.05, 4.69) is 58.1 Å². The van der Waals surface area contributed by atoms with Crippen LogP contribution in [0.4, 0.5) is 0 Å². The maximum absolute atomic E-state index is 4.83. The highest BCUT2D eigenvalue weighted by molar-refractivity contribution is 5.78. The fraction of sp³-hybridized carbons (Fsp3) is 0.381. The third-order valence-electron chi connectivity index (χ3n) is 4.92. The van der Waals surface area contributed by atoms with Crippen LogP contribution in [0.3, 0.4) is 0 Å². The minimum Gasteiger partial charge on any atom is -0.304 e. The Kier molecular flexibility index (Phi) is 4.91. The molecule has 0 amide bonds. The van der Waals surface area contributed by atoms with Gasteiger partial charge in [-0.3, -0.25) is 9.88 Å². The average Bonchev–Trinajstić information content (AvgIpc) is 3.09. The summed E-state index contributed by atoms with van der Waals surface area (Å²) in [6.07, 6.45) is 6.07. The number of pyridine rings is 1. The minimum absolute atomic E-state index is 0.307. The Labute approximate surface area is 154 Å². The van der Waals surface area contributed by atoms with Gasteiger partial charge in [0.15, 0.2) is 0 Å². The summed E-state index contributed by atoms with van der Waals surface area (Å²) < 4.78 is 0. The zero-order valence-electron chi connectivity index (χ0n) is 15.5. The van der Waals surface area contributed by atoms with Crippen molar-refractivity contribution in [1.82, 2.24) is 24.8 Å². The molecule has 0 spiro atoms. The van der Waals surface area contributed by atoms with Gasteiger partial charge in [-0.25, -0.2) is 9.97 Å². The fourth-order valence-corrected chi connectivity index (χ4v) is 3.75. The molecule has 3 heterocycles. The molecular formula is C21H25N5. The molecule has 5 nitrogen and oxygen atoms in total.